The number of piperidine rings is 3. The lowest BCUT2D eigenvalue weighted by atomic mass is 9.84. The fraction of sp³-hybridized carbons (Fsp3) is 0.500. The molecule has 0 aliphatic carbocycles. The van der Waals surface area contributed by atoms with Gasteiger partial charge in [0.05, 0.1) is 5.56 Å². The summed E-state index contributed by atoms with van der Waals surface area (Å²) in [5.74, 6) is -1.26. The topological polar surface area (TPSA) is 116 Å². The van der Waals surface area contributed by atoms with Gasteiger partial charge in [-0.3, -0.25) is 4.79 Å². The molecule has 3 N–H and O–H groups in total. The Labute approximate surface area is 185 Å². The Morgan fingerprint density at radius 2 is 1.77 bits per heavy atom. The zero-order chi connectivity index (χ0) is 22.8. The molecule has 9 heteroatoms. The summed E-state index contributed by atoms with van der Waals surface area (Å²) in [4.78, 5) is 34.4. The van der Waals surface area contributed by atoms with Gasteiger partial charge in [0.25, 0.3) is 5.91 Å². The number of halogens is 1. The number of carboxylic acids is 2. The fourth-order valence-electron chi connectivity index (χ4n) is 4.36. The number of carbonyl (C=O) groups excluding carboxylic acids is 1. The van der Waals surface area contributed by atoms with Crippen LogP contribution >= 0.6 is 11.6 Å². The number of hydrogen-bond donors (Lipinski definition) is 3. The highest BCUT2D eigenvalue weighted by Gasteiger charge is 2.37. The highest BCUT2D eigenvalue weighted by atomic mass is 35.5. The first-order valence-electron chi connectivity index (χ1n) is 10.2. The van der Waals surface area contributed by atoms with Gasteiger partial charge in [0.1, 0.15) is 11.4 Å². The quantitative estimate of drug-likeness (QED) is 0.603. The third-order valence-corrected chi connectivity index (χ3v) is 5.93. The Balaban J connectivity index is 0.000000293. The van der Waals surface area contributed by atoms with Crippen molar-refractivity contribution in [3.63, 3.8) is 0 Å². The molecule has 0 spiro atoms. The van der Waals surface area contributed by atoms with E-state index in [1.54, 1.807) is 6.07 Å². The molecule has 0 saturated carbocycles. The van der Waals surface area contributed by atoms with Gasteiger partial charge in [-0.25, -0.2) is 9.59 Å². The molecule has 0 radical (unpaired) electrons. The average Bonchev–Trinajstić information content (AvgIpc) is 3.00. The summed E-state index contributed by atoms with van der Waals surface area (Å²) < 4.78 is 6.02. The van der Waals surface area contributed by atoms with Crippen LogP contribution in [0, 0.1) is 5.92 Å². The number of carboxylic acid groups (broad SMARTS) is 2. The lowest BCUT2D eigenvalue weighted by molar-refractivity contribution is -0.134. The number of rotatable bonds is 4. The van der Waals surface area contributed by atoms with Crippen molar-refractivity contribution in [3.8, 4) is 5.75 Å². The van der Waals surface area contributed by atoms with Crippen LogP contribution in [0.2, 0.25) is 5.02 Å². The summed E-state index contributed by atoms with van der Waals surface area (Å²) in [7, 11) is 0. The van der Waals surface area contributed by atoms with Crippen LogP contribution in [-0.2, 0) is 16.0 Å². The third kappa shape index (κ3) is 5.98. The molecule has 2 bridgehead atoms. The van der Waals surface area contributed by atoms with Crippen LogP contribution in [0.3, 0.4) is 0 Å². The van der Waals surface area contributed by atoms with Gasteiger partial charge >= 0.3 is 11.9 Å². The van der Waals surface area contributed by atoms with Gasteiger partial charge in [-0.05, 0) is 57.8 Å². The van der Waals surface area contributed by atoms with Crippen LogP contribution in [0.15, 0.2) is 24.3 Å². The lowest BCUT2D eigenvalue weighted by Gasteiger charge is -2.44. The van der Waals surface area contributed by atoms with E-state index in [4.69, 9.17) is 26.6 Å². The predicted octanol–water partition coefficient (Wildman–Crippen LogP) is 2.59. The number of nitrogens with one attached hydrogen (secondary N) is 1. The van der Waals surface area contributed by atoms with Crippen molar-refractivity contribution in [2.75, 3.05) is 19.6 Å². The zero-order valence-electron chi connectivity index (χ0n) is 17.6. The number of nitrogens with zero attached hydrogens (tertiary/aromatic N) is 1. The van der Waals surface area contributed by atoms with Crippen LogP contribution in [0.5, 0.6) is 5.75 Å². The minimum absolute atomic E-state index is 0.0554. The number of ether oxygens (including phenoxy) is 1. The van der Waals surface area contributed by atoms with Crippen LogP contribution in [-0.4, -0.2) is 64.2 Å². The second-order valence-corrected chi connectivity index (χ2v) is 9.14. The Morgan fingerprint density at radius 3 is 2.29 bits per heavy atom. The number of amides is 1. The molecule has 3 fully saturated rings. The first-order valence-corrected chi connectivity index (χ1v) is 10.6. The van der Waals surface area contributed by atoms with Gasteiger partial charge < -0.3 is 25.2 Å². The summed E-state index contributed by atoms with van der Waals surface area (Å²) in [6.45, 7) is 7.37. The van der Waals surface area contributed by atoms with Gasteiger partial charge in [0.15, 0.2) is 0 Å². The van der Waals surface area contributed by atoms with Crippen molar-refractivity contribution >= 4 is 29.4 Å². The normalized spacial score (nSPS) is 25.2. The Kier molecular flexibility index (Phi) is 6.91. The number of benzene rings is 1. The molecule has 5 rings (SSSR count). The first kappa shape index (κ1) is 23.1. The summed E-state index contributed by atoms with van der Waals surface area (Å²) >= 11 is 6.23. The fourth-order valence-corrected chi connectivity index (χ4v) is 4.60. The minimum Gasteiger partial charge on any atom is -0.486 e. The first-order chi connectivity index (χ1) is 14.5. The molecule has 4 aliphatic rings. The molecule has 3 saturated heterocycles. The van der Waals surface area contributed by atoms with Crippen molar-refractivity contribution in [1.29, 1.82) is 0 Å². The molecule has 4 aliphatic heterocycles. The van der Waals surface area contributed by atoms with Gasteiger partial charge in [-0.1, -0.05) is 11.6 Å². The number of carbonyl (C=O) groups is 3. The lowest BCUT2D eigenvalue weighted by Crippen LogP contribution is -2.57. The van der Waals surface area contributed by atoms with Gasteiger partial charge in [-0.2, -0.15) is 0 Å². The summed E-state index contributed by atoms with van der Waals surface area (Å²) in [5, 5.41) is 19.5. The summed E-state index contributed by atoms with van der Waals surface area (Å²) in [6, 6.07) is 3.89. The van der Waals surface area contributed by atoms with E-state index < -0.39 is 11.9 Å². The SMILES string of the molecule is CC1(C)Cc2cc(Cl)cc(C(=O)NC3CN4CCC3CC4)c2O1.O=C(O)C=CC(=O)O. The molecule has 1 atom stereocenters. The number of aliphatic carboxylic acids is 2. The average molecular weight is 451 g/mol. The van der Waals surface area contributed by atoms with Crippen molar-refractivity contribution < 1.29 is 29.3 Å². The van der Waals surface area contributed by atoms with E-state index in [9.17, 15) is 14.4 Å². The van der Waals surface area contributed by atoms with E-state index in [2.05, 4.69) is 10.2 Å². The van der Waals surface area contributed by atoms with Crippen LogP contribution in [0.25, 0.3) is 0 Å². The molecule has 1 aromatic rings. The Hall–Kier alpha value is -2.58. The molecule has 0 aromatic heterocycles. The molecular formula is C22H27ClN2O6. The highest BCUT2D eigenvalue weighted by Crippen LogP contribution is 2.39. The molecule has 168 valence electrons. The van der Waals surface area contributed by atoms with Gasteiger partial charge in [0, 0.05) is 41.7 Å². The van der Waals surface area contributed by atoms with Crippen LogP contribution in [0.4, 0.5) is 0 Å². The van der Waals surface area contributed by atoms with Crippen molar-refractivity contribution in [3.05, 3.63) is 40.4 Å². The summed E-state index contributed by atoms with van der Waals surface area (Å²) in [5.41, 5.74) is 1.33. The van der Waals surface area contributed by atoms with Gasteiger partial charge in [0.2, 0.25) is 0 Å². The number of hydrogen-bond acceptors (Lipinski definition) is 5. The second kappa shape index (κ2) is 9.28. The van der Waals surface area contributed by atoms with E-state index in [0.29, 0.717) is 34.4 Å². The molecule has 1 aromatic carbocycles. The third-order valence-electron chi connectivity index (χ3n) is 5.71. The standard InChI is InChI=1S/C18H23ClN2O2.C4H4O4/c1-18(2)9-12-7-13(19)8-14(16(12)23-18)17(22)20-15-10-21-5-3-11(15)4-6-21;5-3(6)1-2-4(7)8/h7-8,11,15H,3-6,9-10H2,1-2H3,(H,20,22);1-2H,(H,5,6)(H,7,8). The highest BCUT2D eigenvalue weighted by molar-refractivity contribution is 6.31. The maximum atomic E-state index is 12.8. The van der Waals surface area contributed by atoms with Crippen molar-refractivity contribution in [2.24, 2.45) is 5.92 Å². The monoisotopic (exact) mass is 450 g/mol. The molecular weight excluding hydrogens is 424 g/mol. The smallest absolute Gasteiger partial charge is 0.328 e. The molecule has 1 unspecified atom stereocenters. The van der Waals surface area contributed by atoms with Crippen molar-refractivity contribution in [2.45, 2.75) is 44.8 Å². The van der Waals surface area contributed by atoms with E-state index in [1.165, 1.54) is 25.9 Å². The Bertz CT molecular complexity index is 890. The van der Waals surface area contributed by atoms with Gasteiger partial charge in [-0.15, -0.1) is 0 Å². The number of fused-ring (bicyclic) bond motifs is 4. The molecule has 1 amide bonds. The van der Waals surface area contributed by atoms with E-state index in [0.717, 1.165) is 18.5 Å². The summed E-state index contributed by atoms with van der Waals surface area (Å²) in [6.07, 6.45) is 4.26. The second-order valence-electron chi connectivity index (χ2n) is 8.71. The molecule has 8 nitrogen and oxygen atoms in total. The van der Waals surface area contributed by atoms with E-state index in [-0.39, 0.29) is 17.6 Å². The van der Waals surface area contributed by atoms with Crippen LogP contribution in [0.1, 0.15) is 42.6 Å². The van der Waals surface area contributed by atoms with Crippen LogP contribution < -0.4 is 10.1 Å². The minimum atomic E-state index is -1.26. The predicted molar refractivity (Wildman–Crippen MR) is 115 cm³/mol. The maximum absolute atomic E-state index is 12.8. The molecule has 4 heterocycles. The maximum Gasteiger partial charge on any atom is 0.328 e. The van der Waals surface area contributed by atoms with Crippen molar-refractivity contribution in [1.82, 2.24) is 10.2 Å². The molecule has 31 heavy (non-hydrogen) atoms. The van der Waals surface area contributed by atoms with E-state index in [1.807, 2.05) is 19.9 Å². The van der Waals surface area contributed by atoms with E-state index >= 15 is 0 Å². The zero-order valence-corrected chi connectivity index (χ0v) is 18.3. The Morgan fingerprint density at radius 1 is 1.16 bits per heavy atom. The largest absolute Gasteiger partial charge is 0.486 e.